The Bertz CT molecular complexity index is 920. The fourth-order valence-electron chi connectivity index (χ4n) is 2.44. The number of H-pyrrole nitrogens is 1. The van der Waals surface area contributed by atoms with Gasteiger partial charge in [0, 0.05) is 11.3 Å². The van der Waals surface area contributed by atoms with Gasteiger partial charge in [-0.25, -0.2) is 0 Å². The van der Waals surface area contributed by atoms with Crippen LogP contribution in [-0.2, 0) is 0 Å². The van der Waals surface area contributed by atoms with Crippen LogP contribution in [0.2, 0.25) is 0 Å². The van der Waals surface area contributed by atoms with Crippen LogP contribution in [0.25, 0.3) is 22.4 Å². The zero-order chi connectivity index (χ0) is 16.2. The number of hydrogen-bond acceptors (Lipinski definition) is 3. The normalized spacial score (nSPS) is 10.1. The molecule has 1 aromatic heterocycles. The van der Waals surface area contributed by atoms with Gasteiger partial charge in [0.2, 0.25) is 0 Å². The van der Waals surface area contributed by atoms with E-state index in [9.17, 15) is 10.1 Å². The second-order valence-corrected chi connectivity index (χ2v) is 5.01. The lowest BCUT2D eigenvalue weighted by atomic mass is 9.99. The summed E-state index contributed by atoms with van der Waals surface area (Å²) in [5, 5.41) is 9.30. The molecule has 4 heteroatoms. The molecule has 0 saturated carbocycles. The molecule has 0 radical (unpaired) electrons. The van der Waals surface area contributed by atoms with Gasteiger partial charge in [0.05, 0.1) is 7.11 Å². The highest BCUT2D eigenvalue weighted by atomic mass is 16.5. The van der Waals surface area contributed by atoms with E-state index >= 15 is 0 Å². The van der Waals surface area contributed by atoms with E-state index in [0.29, 0.717) is 11.3 Å². The Balaban J connectivity index is 2.18. The summed E-state index contributed by atoms with van der Waals surface area (Å²) in [5.74, 6) is 0.744. The number of rotatable bonds is 3. The number of methoxy groups -OCH3 is 1. The van der Waals surface area contributed by atoms with Crippen LogP contribution in [-0.4, -0.2) is 12.1 Å². The van der Waals surface area contributed by atoms with Crippen LogP contribution in [0.4, 0.5) is 0 Å². The van der Waals surface area contributed by atoms with Gasteiger partial charge in [-0.1, -0.05) is 30.3 Å². The van der Waals surface area contributed by atoms with Crippen molar-refractivity contribution < 1.29 is 4.74 Å². The summed E-state index contributed by atoms with van der Waals surface area (Å²) >= 11 is 0. The lowest BCUT2D eigenvalue weighted by molar-refractivity contribution is 0.415. The second-order valence-electron chi connectivity index (χ2n) is 5.01. The molecule has 0 unspecified atom stereocenters. The van der Waals surface area contributed by atoms with Gasteiger partial charge >= 0.3 is 0 Å². The minimum absolute atomic E-state index is 0.119. The van der Waals surface area contributed by atoms with Gasteiger partial charge in [-0.2, -0.15) is 5.26 Å². The van der Waals surface area contributed by atoms with Crippen LogP contribution in [0.15, 0.2) is 65.5 Å². The van der Waals surface area contributed by atoms with Crippen LogP contribution in [0.5, 0.6) is 5.75 Å². The van der Waals surface area contributed by atoms with Crippen molar-refractivity contribution in [3.63, 3.8) is 0 Å². The van der Waals surface area contributed by atoms with Gasteiger partial charge in [-0.15, -0.1) is 0 Å². The van der Waals surface area contributed by atoms with E-state index in [0.717, 1.165) is 16.9 Å². The third-order valence-corrected chi connectivity index (χ3v) is 3.63. The number of ether oxygens (including phenoxy) is 1. The highest BCUT2D eigenvalue weighted by Crippen LogP contribution is 2.26. The molecule has 0 aliphatic heterocycles. The van der Waals surface area contributed by atoms with Gasteiger partial charge in [0.1, 0.15) is 17.4 Å². The summed E-state index contributed by atoms with van der Waals surface area (Å²) in [4.78, 5) is 15.0. The molecule has 0 aliphatic rings. The summed E-state index contributed by atoms with van der Waals surface area (Å²) < 4.78 is 5.14. The summed E-state index contributed by atoms with van der Waals surface area (Å²) in [5.41, 5.74) is 2.71. The second kappa shape index (κ2) is 6.20. The molecule has 3 rings (SSSR count). The third kappa shape index (κ3) is 2.85. The van der Waals surface area contributed by atoms with Crippen LogP contribution in [0.1, 0.15) is 5.56 Å². The Morgan fingerprint density at radius 3 is 2.30 bits per heavy atom. The third-order valence-electron chi connectivity index (χ3n) is 3.63. The van der Waals surface area contributed by atoms with Crippen LogP contribution >= 0.6 is 0 Å². The molecule has 0 spiro atoms. The molecule has 112 valence electrons. The highest BCUT2D eigenvalue weighted by Gasteiger charge is 2.12. The maximum Gasteiger partial charge on any atom is 0.266 e. The van der Waals surface area contributed by atoms with E-state index in [1.807, 2.05) is 66.7 Å². The first kappa shape index (κ1) is 14.6. The fraction of sp³-hybridized carbons (Fsp3) is 0.0526. The largest absolute Gasteiger partial charge is 0.497 e. The lowest BCUT2D eigenvalue weighted by Crippen LogP contribution is -2.12. The molecule has 23 heavy (non-hydrogen) atoms. The molecule has 2 aromatic carbocycles. The maximum atomic E-state index is 12.3. The molecule has 0 bridgehead atoms. The SMILES string of the molecule is COc1ccc(-c2cc(-c3ccccc3)c(C#N)c(=O)[nH]2)cc1. The van der Waals surface area contributed by atoms with E-state index in [4.69, 9.17) is 4.74 Å². The summed E-state index contributed by atoms with van der Waals surface area (Å²) in [6, 6.07) is 20.6. The topological polar surface area (TPSA) is 65.9 Å². The van der Waals surface area contributed by atoms with Crippen molar-refractivity contribution in [3.05, 3.63) is 76.6 Å². The number of pyridine rings is 1. The molecular weight excluding hydrogens is 288 g/mol. The van der Waals surface area contributed by atoms with Crippen molar-refractivity contribution in [2.45, 2.75) is 0 Å². The van der Waals surface area contributed by atoms with Gasteiger partial charge < -0.3 is 9.72 Å². The molecule has 0 amide bonds. The Labute approximate surface area is 133 Å². The average molecular weight is 302 g/mol. The molecular formula is C19H14N2O2. The van der Waals surface area contributed by atoms with Crippen molar-refractivity contribution in [1.29, 1.82) is 5.26 Å². The number of hydrogen-bond donors (Lipinski definition) is 1. The zero-order valence-corrected chi connectivity index (χ0v) is 12.5. The molecule has 0 atom stereocenters. The van der Waals surface area contributed by atoms with Crippen LogP contribution in [0.3, 0.4) is 0 Å². The number of nitrogens with zero attached hydrogens (tertiary/aromatic N) is 1. The number of aromatic amines is 1. The Kier molecular flexibility index (Phi) is 3.94. The van der Waals surface area contributed by atoms with Gasteiger partial charge in [0.15, 0.2) is 0 Å². The van der Waals surface area contributed by atoms with Crippen LogP contribution < -0.4 is 10.3 Å². The quantitative estimate of drug-likeness (QED) is 0.804. The zero-order valence-electron chi connectivity index (χ0n) is 12.5. The monoisotopic (exact) mass is 302 g/mol. The Hall–Kier alpha value is -3.32. The minimum atomic E-state index is -0.389. The van der Waals surface area contributed by atoms with Crippen molar-refractivity contribution in [2.75, 3.05) is 7.11 Å². The number of aromatic nitrogens is 1. The number of nitrogens with one attached hydrogen (secondary N) is 1. The van der Waals surface area contributed by atoms with E-state index in [2.05, 4.69) is 4.98 Å². The minimum Gasteiger partial charge on any atom is -0.497 e. The molecule has 0 fully saturated rings. The smallest absolute Gasteiger partial charge is 0.266 e. The molecule has 4 nitrogen and oxygen atoms in total. The number of benzene rings is 2. The predicted octanol–water partition coefficient (Wildman–Crippen LogP) is 3.59. The molecule has 0 aliphatic carbocycles. The van der Waals surface area contributed by atoms with Crippen molar-refractivity contribution >= 4 is 0 Å². The van der Waals surface area contributed by atoms with E-state index in [1.165, 1.54) is 0 Å². The summed E-state index contributed by atoms with van der Waals surface area (Å²) in [7, 11) is 1.60. The lowest BCUT2D eigenvalue weighted by Gasteiger charge is -2.08. The molecule has 1 heterocycles. The highest BCUT2D eigenvalue weighted by molar-refractivity contribution is 5.75. The predicted molar refractivity (Wildman–Crippen MR) is 89.2 cm³/mol. The average Bonchev–Trinajstić information content (AvgIpc) is 2.62. The molecule has 1 N–H and O–H groups in total. The van der Waals surface area contributed by atoms with Gasteiger partial charge in [-0.05, 0) is 41.5 Å². The fourth-order valence-corrected chi connectivity index (χ4v) is 2.44. The molecule has 0 saturated heterocycles. The Morgan fingerprint density at radius 2 is 1.70 bits per heavy atom. The van der Waals surface area contributed by atoms with Crippen LogP contribution in [0, 0.1) is 11.3 Å². The van der Waals surface area contributed by atoms with Gasteiger partial charge in [0.25, 0.3) is 5.56 Å². The van der Waals surface area contributed by atoms with Crippen molar-refractivity contribution in [3.8, 4) is 34.2 Å². The first-order valence-corrected chi connectivity index (χ1v) is 7.10. The van der Waals surface area contributed by atoms with Crippen molar-refractivity contribution in [1.82, 2.24) is 4.98 Å². The van der Waals surface area contributed by atoms with Gasteiger partial charge in [-0.3, -0.25) is 4.79 Å². The first-order chi connectivity index (χ1) is 11.2. The Morgan fingerprint density at radius 1 is 1.00 bits per heavy atom. The van der Waals surface area contributed by atoms with E-state index in [1.54, 1.807) is 7.11 Å². The van der Waals surface area contributed by atoms with E-state index in [-0.39, 0.29) is 11.1 Å². The standard InChI is InChI=1S/C19H14N2O2/c1-23-15-9-7-14(8-10-15)18-11-16(13-5-3-2-4-6-13)17(12-20)19(22)21-18/h2-11H,1H3,(H,21,22). The first-order valence-electron chi connectivity index (χ1n) is 7.10. The molecule has 3 aromatic rings. The number of nitriles is 1. The van der Waals surface area contributed by atoms with Crippen molar-refractivity contribution in [2.24, 2.45) is 0 Å². The van der Waals surface area contributed by atoms with E-state index < -0.39 is 0 Å². The summed E-state index contributed by atoms with van der Waals surface area (Å²) in [6.45, 7) is 0. The maximum absolute atomic E-state index is 12.3. The summed E-state index contributed by atoms with van der Waals surface area (Å²) in [6.07, 6.45) is 0.